The van der Waals surface area contributed by atoms with Gasteiger partial charge in [0.15, 0.2) is 0 Å². The fourth-order valence-electron chi connectivity index (χ4n) is 2.56. The van der Waals surface area contributed by atoms with E-state index in [1.54, 1.807) is 18.2 Å². The molecule has 0 atom stereocenters. The quantitative estimate of drug-likeness (QED) is 0.570. The predicted molar refractivity (Wildman–Crippen MR) is 110 cm³/mol. The number of benzene rings is 2. The molecule has 0 saturated carbocycles. The standard InChI is InChI=1S/C21H23N5O4/c1-14(2)13-30-18-9-7-15(8-10-18)20-23-25-26(24-20)12-19(27)22-17-6-4-5-16(11-17)21(28)29-3/h4-11,14H,12-13H2,1-3H3,(H,22,27). The molecule has 0 spiro atoms. The molecule has 0 aliphatic rings. The monoisotopic (exact) mass is 409 g/mol. The second-order valence-electron chi connectivity index (χ2n) is 6.99. The van der Waals surface area contributed by atoms with Crippen molar-refractivity contribution < 1.29 is 19.1 Å². The smallest absolute Gasteiger partial charge is 0.337 e. The van der Waals surface area contributed by atoms with Gasteiger partial charge in [0, 0.05) is 11.3 Å². The molecule has 156 valence electrons. The lowest BCUT2D eigenvalue weighted by atomic mass is 10.2. The maximum Gasteiger partial charge on any atom is 0.337 e. The molecule has 0 fully saturated rings. The Hall–Kier alpha value is -3.75. The second-order valence-corrected chi connectivity index (χ2v) is 6.99. The number of tetrazole rings is 1. The molecular weight excluding hydrogens is 386 g/mol. The topological polar surface area (TPSA) is 108 Å². The first-order chi connectivity index (χ1) is 14.4. The normalized spacial score (nSPS) is 10.7. The van der Waals surface area contributed by atoms with Gasteiger partial charge in [0.05, 0.1) is 19.3 Å². The highest BCUT2D eigenvalue weighted by molar-refractivity contribution is 5.94. The Morgan fingerprint density at radius 2 is 1.90 bits per heavy atom. The fraction of sp³-hybridized carbons (Fsp3) is 0.286. The van der Waals surface area contributed by atoms with E-state index in [2.05, 4.69) is 39.3 Å². The van der Waals surface area contributed by atoms with Crippen LogP contribution in [0.3, 0.4) is 0 Å². The maximum atomic E-state index is 12.3. The molecule has 2 aromatic carbocycles. The number of ether oxygens (including phenoxy) is 2. The lowest BCUT2D eigenvalue weighted by Crippen LogP contribution is -2.20. The third-order valence-electron chi connectivity index (χ3n) is 4.00. The minimum absolute atomic E-state index is 0.120. The number of rotatable bonds is 8. The van der Waals surface area contributed by atoms with Crippen LogP contribution in [0.25, 0.3) is 11.4 Å². The zero-order valence-corrected chi connectivity index (χ0v) is 17.0. The number of anilines is 1. The molecule has 3 aromatic rings. The van der Waals surface area contributed by atoms with E-state index in [-0.39, 0.29) is 12.5 Å². The second kappa shape index (κ2) is 9.64. The number of hydrogen-bond donors (Lipinski definition) is 1. The third-order valence-corrected chi connectivity index (χ3v) is 4.00. The molecule has 1 amide bonds. The van der Waals surface area contributed by atoms with E-state index >= 15 is 0 Å². The lowest BCUT2D eigenvalue weighted by molar-refractivity contribution is -0.117. The summed E-state index contributed by atoms with van der Waals surface area (Å²) in [4.78, 5) is 25.1. The van der Waals surface area contributed by atoms with Crippen molar-refractivity contribution in [2.24, 2.45) is 5.92 Å². The van der Waals surface area contributed by atoms with Gasteiger partial charge in [-0.1, -0.05) is 19.9 Å². The Morgan fingerprint density at radius 3 is 2.60 bits per heavy atom. The van der Waals surface area contributed by atoms with Crippen LogP contribution in [0, 0.1) is 5.92 Å². The highest BCUT2D eigenvalue weighted by Crippen LogP contribution is 2.19. The average Bonchev–Trinajstić information content (AvgIpc) is 3.20. The first-order valence-corrected chi connectivity index (χ1v) is 9.44. The van der Waals surface area contributed by atoms with Crippen LogP contribution < -0.4 is 10.1 Å². The molecule has 0 aliphatic carbocycles. The van der Waals surface area contributed by atoms with Gasteiger partial charge < -0.3 is 14.8 Å². The first kappa shape index (κ1) is 21.0. The Bertz CT molecular complexity index is 1010. The number of nitrogens with one attached hydrogen (secondary N) is 1. The van der Waals surface area contributed by atoms with Gasteiger partial charge in [0.2, 0.25) is 11.7 Å². The lowest BCUT2D eigenvalue weighted by Gasteiger charge is -2.08. The van der Waals surface area contributed by atoms with Crippen molar-refractivity contribution in [2.75, 3.05) is 19.0 Å². The predicted octanol–water partition coefficient (Wildman–Crippen LogP) is 2.80. The van der Waals surface area contributed by atoms with Crippen LogP contribution in [-0.2, 0) is 16.1 Å². The Balaban J connectivity index is 1.60. The van der Waals surface area contributed by atoms with Crippen molar-refractivity contribution in [3.05, 3.63) is 54.1 Å². The van der Waals surface area contributed by atoms with Gasteiger partial charge in [-0.15, -0.1) is 10.2 Å². The molecule has 9 nitrogen and oxygen atoms in total. The van der Waals surface area contributed by atoms with Crippen molar-refractivity contribution in [1.29, 1.82) is 0 Å². The van der Waals surface area contributed by atoms with Gasteiger partial charge in [-0.3, -0.25) is 4.79 Å². The average molecular weight is 409 g/mol. The summed E-state index contributed by atoms with van der Waals surface area (Å²) in [6, 6.07) is 13.8. The van der Waals surface area contributed by atoms with Gasteiger partial charge in [0.1, 0.15) is 12.3 Å². The SMILES string of the molecule is COC(=O)c1cccc(NC(=O)Cn2nnc(-c3ccc(OCC(C)C)cc3)n2)c1. The fourth-order valence-corrected chi connectivity index (χ4v) is 2.56. The van der Waals surface area contributed by atoms with Crippen molar-refractivity contribution in [1.82, 2.24) is 20.2 Å². The van der Waals surface area contributed by atoms with Gasteiger partial charge >= 0.3 is 5.97 Å². The molecule has 1 aromatic heterocycles. The molecule has 0 saturated heterocycles. The summed E-state index contributed by atoms with van der Waals surface area (Å²) in [5.74, 6) is 0.798. The van der Waals surface area contributed by atoms with E-state index < -0.39 is 5.97 Å². The number of hydrogen-bond acceptors (Lipinski definition) is 7. The molecule has 0 aliphatic heterocycles. The molecule has 3 rings (SSSR count). The molecule has 0 unspecified atom stereocenters. The van der Waals surface area contributed by atoms with Crippen LogP contribution in [0.1, 0.15) is 24.2 Å². The van der Waals surface area contributed by atoms with Crippen LogP contribution in [0.5, 0.6) is 5.75 Å². The molecule has 0 bridgehead atoms. The number of amides is 1. The Labute approximate surface area is 174 Å². The van der Waals surface area contributed by atoms with Crippen LogP contribution >= 0.6 is 0 Å². The van der Waals surface area contributed by atoms with E-state index in [4.69, 9.17) is 4.74 Å². The zero-order chi connectivity index (χ0) is 21.5. The molecule has 30 heavy (non-hydrogen) atoms. The van der Waals surface area contributed by atoms with Gasteiger partial charge in [0.25, 0.3) is 0 Å². The van der Waals surface area contributed by atoms with Crippen LogP contribution in [0.15, 0.2) is 48.5 Å². The Kier molecular flexibility index (Phi) is 6.74. The highest BCUT2D eigenvalue weighted by Gasteiger charge is 2.11. The summed E-state index contributed by atoms with van der Waals surface area (Å²) < 4.78 is 10.3. The summed E-state index contributed by atoms with van der Waals surface area (Å²) in [6.45, 7) is 4.70. The van der Waals surface area contributed by atoms with Crippen molar-refractivity contribution in [3.63, 3.8) is 0 Å². The number of carbonyl (C=O) groups excluding carboxylic acids is 2. The zero-order valence-electron chi connectivity index (χ0n) is 17.0. The van der Waals surface area contributed by atoms with Gasteiger partial charge in [-0.25, -0.2) is 4.79 Å². The van der Waals surface area contributed by atoms with E-state index in [0.717, 1.165) is 11.3 Å². The van der Waals surface area contributed by atoms with Gasteiger partial charge in [-0.05, 0) is 53.6 Å². The summed E-state index contributed by atoms with van der Waals surface area (Å²) in [5.41, 5.74) is 1.59. The van der Waals surface area contributed by atoms with Crippen molar-refractivity contribution in [3.8, 4) is 17.1 Å². The van der Waals surface area contributed by atoms with Crippen molar-refractivity contribution in [2.45, 2.75) is 20.4 Å². The summed E-state index contributed by atoms with van der Waals surface area (Å²) in [7, 11) is 1.30. The number of nitrogens with zero attached hydrogens (tertiary/aromatic N) is 4. The van der Waals surface area contributed by atoms with Crippen LogP contribution in [-0.4, -0.2) is 45.8 Å². The summed E-state index contributed by atoms with van der Waals surface area (Å²) in [5, 5.41) is 14.9. The number of esters is 1. The highest BCUT2D eigenvalue weighted by atomic mass is 16.5. The molecule has 0 radical (unpaired) electrons. The summed E-state index contributed by atoms with van der Waals surface area (Å²) in [6.07, 6.45) is 0. The van der Waals surface area contributed by atoms with E-state index in [1.165, 1.54) is 18.0 Å². The Morgan fingerprint density at radius 1 is 1.13 bits per heavy atom. The van der Waals surface area contributed by atoms with Gasteiger partial charge in [-0.2, -0.15) is 4.80 Å². The largest absolute Gasteiger partial charge is 0.493 e. The number of carbonyl (C=O) groups is 2. The minimum Gasteiger partial charge on any atom is -0.493 e. The van der Waals surface area contributed by atoms with E-state index in [9.17, 15) is 9.59 Å². The first-order valence-electron chi connectivity index (χ1n) is 9.44. The van der Waals surface area contributed by atoms with E-state index in [0.29, 0.717) is 29.6 Å². The minimum atomic E-state index is -0.477. The number of methoxy groups -OCH3 is 1. The molecule has 9 heteroatoms. The molecule has 1 heterocycles. The van der Waals surface area contributed by atoms with Crippen LogP contribution in [0.4, 0.5) is 5.69 Å². The van der Waals surface area contributed by atoms with Crippen LogP contribution in [0.2, 0.25) is 0 Å². The summed E-state index contributed by atoms with van der Waals surface area (Å²) >= 11 is 0. The molecular formula is C21H23N5O4. The maximum absolute atomic E-state index is 12.3. The van der Waals surface area contributed by atoms with Crippen molar-refractivity contribution >= 4 is 17.6 Å². The molecule has 1 N–H and O–H groups in total. The third kappa shape index (κ3) is 5.63. The number of aromatic nitrogens is 4. The van der Waals surface area contributed by atoms with E-state index in [1.807, 2.05) is 24.3 Å².